The summed E-state index contributed by atoms with van der Waals surface area (Å²) in [5.74, 6) is 0.355. The summed E-state index contributed by atoms with van der Waals surface area (Å²) in [5, 5.41) is 4.01. The van der Waals surface area contributed by atoms with Crippen molar-refractivity contribution in [1.29, 1.82) is 0 Å². The molecule has 2 heterocycles. The van der Waals surface area contributed by atoms with Gasteiger partial charge in [0.25, 0.3) is 5.89 Å². The van der Waals surface area contributed by atoms with Crippen LogP contribution >= 0.6 is 11.8 Å². The van der Waals surface area contributed by atoms with E-state index in [0.717, 1.165) is 5.56 Å². The van der Waals surface area contributed by atoms with Crippen molar-refractivity contribution in [1.82, 2.24) is 15.0 Å². The van der Waals surface area contributed by atoms with Crippen LogP contribution in [-0.4, -0.2) is 33.7 Å². The van der Waals surface area contributed by atoms with Crippen LogP contribution in [-0.2, 0) is 11.3 Å². The van der Waals surface area contributed by atoms with E-state index in [1.807, 2.05) is 23.3 Å². The molecule has 3 aromatic rings. The van der Waals surface area contributed by atoms with E-state index >= 15 is 0 Å². The molecule has 1 atom stereocenters. The number of nitrogens with zero attached hydrogens (tertiary/aromatic N) is 3. The summed E-state index contributed by atoms with van der Waals surface area (Å²) >= 11 is 1.69. The van der Waals surface area contributed by atoms with E-state index in [1.54, 1.807) is 23.9 Å². The normalized spacial score (nSPS) is 16.9. The lowest BCUT2D eigenvalue weighted by Crippen LogP contribution is -2.24. The number of rotatable bonds is 5. The van der Waals surface area contributed by atoms with Gasteiger partial charge < -0.3 is 9.42 Å². The highest BCUT2D eigenvalue weighted by Gasteiger charge is 2.33. The van der Waals surface area contributed by atoms with Gasteiger partial charge in [0.15, 0.2) is 5.82 Å². The van der Waals surface area contributed by atoms with Crippen LogP contribution in [0.1, 0.15) is 23.7 Å². The highest BCUT2D eigenvalue weighted by atomic mass is 32.2. The fourth-order valence-electron chi connectivity index (χ4n) is 3.19. The summed E-state index contributed by atoms with van der Waals surface area (Å²) in [7, 11) is 0. The summed E-state index contributed by atoms with van der Waals surface area (Å²) in [4.78, 5) is 19.8. The fraction of sp³-hybridized carbons (Fsp3) is 0.250. The van der Waals surface area contributed by atoms with Crippen LogP contribution in [0, 0.1) is 5.82 Å². The largest absolute Gasteiger partial charge is 0.338 e. The van der Waals surface area contributed by atoms with Crippen molar-refractivity contribution >= 4 is 17.7 Å². The summed E-state index contributed by atoms with van der Waals surface area (Å²) in [6.45, 7) is 1.11. The molecule has 0 spiro atoms. The smallest absolute Gasteiger partial charge is 0.258 e. The molecule has 1 amide bonds. The Morgan fingerprint density at radius 1 is 1.26 bits per heavy atom. The van der Waals surface area contributed by atoms with Crippen molar-refractivity contribution in [2.45, 2.75) is 23.8 Å². The molecule has 4 rings (SSSR count). The van der Waals surface area contributed by atoms with E-state index < -0.39 is 0 Å². The second kappa shape index (κ2) is 7.52. The van der Waals surface area contributed by atoms with Crippen LogP contribution in [0.15, 0.2) is 57.9 Å². The molecule has 5 nitrogen and oxygen atoms in total. The second-order valence-electron chi connectivity index (χ2n) is 6.49. The molecule has 1 unspecified atom stereocenters. The lowest BCUT2D eigenvalue weighted by molar-refractivity contribution is -0.128. The molecule has 7 heteroatoms. The minimum atomic E-state index is -0.359. The maximum absolute atomic E-state index is 13.4. The van der Waals surface area contributed by atoms with Crippen LogP contribution in [0.25, 0.3) is 11.5 Å². The Balaban J connectivity index is 1.46. The summed E-state index contributed by atoms with van der Waals surface area (Å²) in [5.41, 5.74) is 1.62. The van der Waals surface area contributed by atoms with Crippen LogP contribution in [0.5, 0.6) is 0 Å². The molecule has 27 heavy (non-hydrogen) atoms. The van der Waals surface area contributed by atoms with E-state index in [1.165, 1.54) is 17.0 Å². The number of likely N-dealkylation sites (tertiary alicyclic amines) is 1. The molecular formula is C20H18FN3O2S. The van der Waals surface area contributed by atoms with Crippen molar-refractivity contribution in [3.63, 3.8) is 0 Å². The summed E-state index contributed by atoms with van der Waals surface area (Å²) in [6.07, 6.45) is 2.39. The van der Waals surface area contributed by atoms with Crippen LogP contribution in [0.3, 0.4) is 0 Å². The third-order valence-electron chi connectivity index (χ3n) is 4.63. The number of hydrogen-bond acceptors (Lipinski definition) is 5. The van der Waals surface area contributed by atoms with Crippen molar-refractivity contribution in [2.75, 3.05) is 12.8 Å². The zero-order valence-corrected chi connectivity index (χ0v) is 15.6. The Morgan fingerprint density at radius 3 is 2.81 bits per heavy atom. The fourth-order valence-corrected chi connectivity index (χ4v) is 3.60. The molecule has 1 saturated heterocycles. The predicted molar refractivity (Wildman–Crippen MR) is 101 cm³/mol. The first-order valence-corrected chi connectivity index (χ1v) is 9.85. The topological polar surface area (TPSA) is 59.2 Å². The van der Waals surface area contributed by atoms with Gasteiger partial charge in [-0.05, 0) is 42.2 Å². The van der Waals surface area contributed by atoms with Crippen molar-refractivity contribution < 1.29 is 13.7 Å². The molecule has 0 aliphatic carbocycles. The van der Waals surface area contributed by atoms with Gasteiger partial charge in [0.05, 0.1) is 0 Å². The zero-order valence-electron chi connectivity index (χ0n) is 14.8. The molecule has 0 N–H and O–H groups in total. The summed E-state index contributed by atoms with van der Waals surface area (Å²) < 4.78 is 18.6. The molecule has 1 aromatic heterocycles. The minimum absolute atomic E-state index is 0.0750. The highest BCUT2D eigenvalue weighted by Crippen LogP contribution is 2.29. The van der Waals surface area contributed by atoms with E-state index in [4.69, 9.17) is 4.52 Å². The average molecular weight is 383 g/mol. The van der Waals surface area contributed by atoms with Gasteiger partial charge in [-0.15, -0.1) is 11.8 Å². The molecule has 1 aliphatic rings. The quantitative estimate of drug-likeness (QED) is 0.621. The van der Waals surface area contributed by atoms with E-state index in [2.05, 4.69) is 22.3 Å². The van der Waals surface area contributed by atoms with Gasteiger partial charge in [0, 0.05) is 35.9 Å². The van der Waals surface area contributed by atoms with E-state index in [0.29, 0.717) is 30.9 Å². The molecule has 0 saturated carbocycles. The van der Waals surface area contributed by atoms with Gasteiger partial charge in [-0.1, -0.05) is 23.4 Å². The Hall–Kier alpha value is -2.67. The van der Waals surface area contributed by atoms with Gasteiger partial charge in [0.1, 0.15) is 5.82 Å². The van der Waals surface area contributed by atoms with Crippen molar-refractivity contribution in [3.8, 4) is 11.5 Å². The number of carbonyl (C=O) groups is 1. The molecular weight excluding hydrogens is 365 g/mol. The van der Waals surface area contributed by atoms with Crippen LogP contribution in [0.2, 0.25) is 0 Å². The maximum atomic E-state index is 13.4. The third kappa shape index (κ3) is 3.88. The molecule has 1 fully saturated rings. The first-order chi connectivity index (χ1) is 13.1. The van der Waals surface area contributed by atoms with Crippen molar-refractivity contribution in [3.05, 3.63) is 65.7 Å². The first-order valence-electron chi connectivity index (χ1n) is 8.62. The molecule has 138 valence electrons. The number of thioether (sulfide) groups is 1. The maximum Gasteiger partial charge on any atom is 0.258 e. The Bertz CT molecular complexity index is 958. The third-order valence-corrected chi connectivity index (χ3v) is 5.37. The minimum Gasteiger partial charge on any atom is -0.338 e. The van der Waals surface area contributed by atoms with Gasteiger partial charge in [0.2, 0.25) is 5.91 Å². The van der Waals surface area contributed by atoms with Crippen molar-refractivity contribution in [2.24, 2.45) is 0 Å². The van der Waals surface area contributed by atoms with Gasteiger partial charge in [-0.25, -0.2) is 4.39 Å². The van der Waals surface area contributed by atoms with E-state index in [9.17, 15) is 9.18 Å². The Morgan fingerprint density at radius 2 is 2.07 bits per heavy atom. The number of halogens is 1. The second-order valence-corrected chi connectivity index (χ2v) is 7.37. The van der Waals surface area contributed by atoms with E-state index in [-0.39, 0.29) is 23.5 Å². The van der Waals surface area contributed by atoms with Gasteiger partial charge >= 0.3 is 0 Å². The number of benzene rings is 2. The number of carbonyl (C=O) groups excluding carboxylic acids is 1. The van der Waals surface area contributed by atoms with Gasteiger partial charge in [-0.3, -0.25) is 4.79 Å². The van der Waals surface area contributed by atoms with Gasteiger partial charge in [-0.2, -0.15) is 4.98 Å². The lowest BCUT2D eigenvalue weighted by atomic mass is 10.1. The average Bonchev–Trinajstić information content (AvgIpc) is 3.30. The lowest BCUT2D eigenvalue weighted by Gasteiger charge is -2.16. The highest BCUT2D eigenvalue weighted by molar-refractivity contribution is 7.98. The predicted octanol–water partition coefficient (Wildman–Crippen LogP) is 4.11. The first kappa shape index (κ1) is 17.7. The molecule has 2 aromatic carbocycles. The molecule has 1 aliphatic heterocycles. The Labute approximate surface area is 160 Å². The Kier molecular flexibility index (Phi) is 4.94. The molecule has 0 radical (unpaired) electrons. The SMILES string of the molecule is CSc1ccc(CN2CC(c3noc(-c4cccc(F)c4)n3)CC2=O)cc1. The van der Waals surface area contributed by atoms with Crippen LogP contribution < -0.4 is 0 Å². The number of hydrogen-bond donors (Lipinski definition) is 0. The zero-order chi connectivity index (χ0) is 18.8. The summed E-state index contributed by atoms with van der Waals surface area (Å²) in [6, 6.07) is 14.2. The standard InChI is InChI=1S/C20H18FN3O2S/c1-27-17-7-5-13(6-8-17)11-24-12-15(10-18(24)25)19-22-20(26-23-19)14-3-2-4-16(21)9-14/h2-9,15H,10-12H2,1H3. The number of amides is 1. The molecule has 0 bridgehead atoms. The monoisotopic (exact) mass is 383 g/mol. The number of aromatic nitrogens is 2. The van der Waals surface area contributed by atoms with Crippen LogP contribution in [0.4, 0.5) is 4.39 Å².